The van der Waals surface area contributed by atoms with Crippen LogP contribution in [0.1, 0.15) is 46.9 Å². The molecule has 1 aromatic rings. The van der Waals surface area contributed by atoms with Crippen molar-refractivity contribution >= 4 is 17.8 Å². The van der Waals surface area contributed by atoms with Gasteiger partial charge in [-0.25, -0.2) is 4.79 Å². The SMILES string of the molecule is COC(=O)c1ccccc1C(=O)N(C)[C@@H]1CCC(C(=O)OC)C[C@@H]1C. The molecule has 1 aliphatic rings. The Morgan fingerprint density at radius 2 is 1.68 bits per heavy atom. The van der Waals surface area contributed by atoms with Gasteiger partial charge < -0.3 is 14.4 Å². The molecule has 1 aliphatic carbocycles. The van der Waals surface area contributed by atoms with Gasteiger partial charge in [0.1, 0.15) is 0 Å². The lowest BCUT2D eigenvalue weighted by Gasteiger charge is -2.38. The van der Waals surface area contributed by atoms with Crippen molar-refractivity contribution in [2.24, 2.45) is 11.8 Å². The first-order chi connectivity index (χ1) is 11.9. The second kappa shape index (κ2) is 8.14. The van der Waals surface area contributed by atoms with Crippen molar-refractivity contribution in [3.05, 3.63) is 35.4 Å². The van der Waals surface area contributed by atoms with Crippen LogP contribution >= 0.6 is 0 Å². The minimum atomic E-state index is -0.528. The molecule has 0 saturated heterocycles. The van der Waals surface area contributed by atoms with Crippen LogP contribution in [-0.2, 0) is 14.3 Å². The summed E-state index contributed by atoms with van der Waals surface area (Å²) >= 11 is 0. The van der Waals surface area contributed by atoms with Gasteiger partial charge in [0.25, 0.3) is 5.91 Å². The zero-order valence-corrected chi connectivity index (χ0v) is 15.2. The van der Waals surface area contributed by atoms with Crippen molar-refractivity contribution in [2.75, 3.05) is 21.3 Å². The lowest BCUT2D eigenvalue weighted by Crippen LogP contribution is -2.45. The average molecular weight is 347 g/mol. The van der Waals surface area contributed by atoms with Gasteiger partial charge >= 0.3 is 11.9 Å². The minimum absolute atomic E-state index is 0.0131. The first-order valence-corrected chi connectivity index (χ1v) is 8.43. The standard InChI is InChI=1S/C19H25NO5/c1-12-11-13(18(22)24-3)9-10-16(12)20(2)17(21)14-7-5-6-8-15(14)19(23)25-4/h5-8,12-13,16H,9-11H2,1-4H3/t12-,13?,16+/m0/s1. The third kappa shape index (κ3) is 4.00. The summed E-state index contributed by atoms with van der Waals surface area (Å²) in [5, 5.41) is 0. The van der Waals surface area contributed by atoms with Crippen LogP contribution in [0.2, 0.25) is 0 Å². The number of benzene rings is 1. The third-order valence-electron chi connectivity index (χ3n) is 5.04. The van der Waals surface area contributed by atoms with Crippen LogP contribution in [0.5, 0.6) is 0 Å². The molecule has 6 nitrogen and oxygen atoms in total. The predicted octanol–water partition coefficient (Wildman–Crippen LogP) is 2.52. The van der Waals surface area contributed by atoms with Crippen molar-refractivity contribution in [1.29, 1.82) is 0 Å². The van der Waals surface area contributed by atoms with Crippen LogP contribution in [0.15, 0.2) is 24.3 Å². The van der Waals surface area contributed by atoms with Gasteiger partial charge in [-0.15, -0.1) is 0 Å². The molecule has 6 heteroatoms. The molecule has 3 atom stereocenters. The Labute approximate surface area is 148 Å². The maximum Gasteiger partial charge on any atom is 0.338 e. The van der Waals surface area contributed by atoms with Gasteiger partial charge in [-0.1, -0.05) is 19.1 Å². The molecule has 0 aromatic heterocycles. The normalized spacial score (nSPS) is 22.8. The molecule has 1 fully saturated rings. The summed E-state index contributed by atoms with van der Waals surface area (Å²) in [7, 11) is 4.44. The lowest BCUT2D eigenvalue weighted by atomic mass is 9.78. The Balaban J connectivity index is 2.16. The van der Waals surface area contributed by atoms with E-state index in [4.69, 9.17) is 9.47 Å². The van der Waals surface area contributed by atoms with Crippen LogP contribution in [0, 0.1) is 11.8 Å². The maximum atomic E-state index is 12.9. The average Bonchev–Trinajstić information content (AvgIpc) is 2.65. The highest BCUT2D eigenvalue weighted by molar-refractivity contribution is 6.05. The summed E-state index contributed by atoms with van der Waals surface area (Å²) in [5.74, 6) is -0.872. The molecule has 0 bridgehead atoms. The molecule has 0 N–H and O–H groups in total. The van der Waals surface area contributed by atoms with Crippen LogP contribution in [0.3, 0.4) is 0 Å². The molecule has 1 amide bonds. The van der Waals surface area contributed by atoms with E-state index in [-0.39, 0.29) is 35.3 Å². The summed E-state index contributed by atoms with van der Waals surface area (Å²) in [6.45, 7) is 2.04. The van der Waals surface area contributed by atoms with Crippen molar-refractivity contribution < 1.29 is 23.9 Å². The predicted molar refractivity (Wildman–Crippen MR) is 92.2 cm³/mol. The van der Waals surface area contributed by atoms with Crippen LogP contribution in [-0.4, -0.2) is 50.1 Å². The van der Waals surface area contributed by atoms with E-state index in [2.05, 4.69) is 0 Å². The Kier molecular flexibility index (Phi) is 6.17. The van der Waals surface area contributed by atoms with E-state index in [1.54, 1.807) is 36.2 Å². The van der Waals surface area contributed by atoms with E-state index in [0.717, 1.165) is 6.42 Å². The molecule has 1 aromatic carbocycles. The van der Waals surface area contributed by atoms with Gasteiger partial charge in [0.15, 0.2) is 0 Å². The first kappa shape index (κ1) is 19.0. The number of hydrogen-bond donors (Lipinski definition) is 0. The zero-order valence-electron chi connectivity index (χ0n) is 15.2. The summed E-state index contributed by atoms with van der Waals surface area (Å²) in [4.78, 5) is 38.3. The van der Waals surface area contributed by atoms with E-state index in [0.29, 0.717) is 18.4 Å². The summed E-state index contributed by atoms with van der Waals surface area (Å²) in [6, 6.07) is 6.66. The number of ether oxygens (including phenoxy) is 2. The van der Waals surface area contributed by atoms with E-state index >= 15 is 0 Å². The molecule has 0 spiro atoms. The molecule has 0 heterocycles. The fourth-order valence-corrected chi connectivity index (χ4v) is 3.63. The molecule has 136 valence electrons. The molecule has 1 saturated carbocycles. The summed E-state index contributed by atoms with van der Waals surface area (Å²) in [5.41, 5.74) is 0.594. The Bertz CT molecular complexity index is 657. The minimum Gasteiger partial charge on any atom is -0.469 e. The quantitative estimate of drug-likeness (QED) is 0.783. The van der Waals surface area contributed by atoms with E-state index < -0.39 is 5.97 Å². The van der Waals surface area contributed by atoms with E-state index in [9.17, 15) is 14.4 Å². The molecule has 0 aliphatic heterocycles. The van der Waals surface area contributed by atoms with Crippen molar-refractivity contribution in [1.82, 2.24) is 4.90 Å². The highest BCUT2D eigenvalue weighted by Crippen LogP contribution is 2.33. The van der Waals surface area contributed by atoms with Gasteiger partial charge in [0.05, 0.1) is 31.3 Å². The fourth-order valence-electron chi connectivity index (χ4n) is 3.63. The Morgan fingerprint density at radius 1 is 1.04 bits per heavy atom. The molecular formula is C19H25NO5. The molecule has 1 unspecified atom stereocenters. The van der Waals surface area contributed by atoms with Crippen LogP contribution < -0.4 is 0 Å². The highest BCUT2D eigenvalue weighted by Gasteiger charge is 2.36. The monoisotopic (exact) mass is 347 g/mol. The fraction of sp³-hybridized carbons (Fsp3) is 0.526. The van der Waals surface area contributed by atoms with Crippen LogP contribution in [0.4, 0.5) is 0 Å². The van der Waals surface area contributed by atoms with Gasteiger partial charge in [0, 0.05) is 13.1 Å². The number of carbonyl (C=O) groups excluding carboxylic acids is 3. The Hall–Kier alpha value is -2.37. The number of nitrogens with zero attached hydrogens (tertiary/aromatic N) is 1. The first-order valence-electron chi connectivity index (χ1n) is 8.43. The third-order valence-corrected chi connectivity index (χ3v) is 5.04. The van der Waals surface area contributed by atoms with Gasteiger partial charge in [-0.05, 0) is 37.3 Å². The topological polar surface area (TPSA) is 72.9 Å². The molecule has 2 rings (SSSR count). The Morgan fingerprint density at radius 3 is 2.24 bits per heavy atom. The summed E-state index contributed by atoms with van der Waals surface area (Å²) in [6.07, 6.45) is 2.11. The zero-order chi connectivity index (χ0) is 18.6. The van der Waals surface area contributed by atoms with E-state index in [1.807, 2.05) is 6.92 Å². The lowest BCUT2D eigenvalue weighted by molar-refractivity contribution is -0.147. The van der Waals surface area contributed by atoms with Crippen molar-refractivity contribution in [3.63, 3.8) is 0 Å². The van der Waals surface area contributed by atoms with Crippen molar-refractivity contribution in [2.45, 2.75) is 32.2 Å². The number of methoxy groups -OCH3 is 2. The van der Waals surface area contributed by atoms with Gasteiger partial charge in [-0.3, -0.25) is 9.59 Å². The van der Waals surface area contributed by atoms with Crippen LogP contribution in [0.25, 0.3) is 0 Å². The van der Waals surface area contributed by atoms with Crippen molar-refractivity contribution in [3.8, 4) is 0 Å². The van der Waals surface area contributed by atoms with Gasteiger partial charge in [0.2, 0.25) is 0 Å². The molecule has 0 radical (unpaired) electrons. The number of esters is 2. The number of amides is 1. The molecular weight excluding hydrogens is 322 g/mol. The second-order valence-corrected chi connectivity index (χ2v) is 6.53. The number of rotatable bonds is 4. The molecule has 25 heavy (non-hydrogen) atoms. The smallest absolute Gasteiger partial charge is 0.338 e. The van der Waals surface area contributed by atoms with E-state index in [1.165, 1.54) is 14.2 Å². The largest absolute Gasteiger partial charge is 0.469 e. The number of hydrogen-bond acceptors (Lipinski definition) is 5. The van der Waals surface area contributed by atoms with Gasteiger partial charge in [-0.2, -0.15) is 0 Å². The summed E-state index contributed by atoms with van der Waals surface area (Å²) < 4.78 is 9.60. The number of carbonyl (C=O) groups is 3. The highest BCUT2D eigenvalue weighted by atomic mass is 16.5. The maximum absolute atomic E-state index is 12.9. The second-order valence-electron chi connectivity index (χ2n) is 6.53.